The monoisotopic (exact) mass is 221 g/mol. The van der Waals surface area contributed by atoms with Crippen LogP contribution in [0.1, 0.15) is 5.56 Å². The fraction of sp³-hybridized carbons (Fsp3) is 0.143. The van der Waals surface area contributed by atoms with Gasteiger partial charge in [-0.25, -0.2) is 8.78 Å². The molecule has 60 valence electrons. The molecule has 1 rings (SSSR count). The molecule has 0 fully saturated rings. The van der Waals surface area contributed by atoms with E-state index in [4.69, 9.17) is 5.73 Å². The Morgan fingerprint density at radius 2 is 2.00 bits per heavy atom. The summed E-state index contributed by atoms with van der Waals surface area (Å²) in [6.45, 7) is -0.128. The van der Waals surface area contributed by atoms with Crippen LogP contribution in [0, 0.1) is 11.6 Å². The molecule has 0 amide bonds. The van der Waals surface area contributed by atoms with Crippen LogP contribution in [-0.2, 0) is 6.54 Å². The van der Waals surface area contributed by atoms with Gasteiger partial charge in [0.1, 0.15) is 11.6 Å². The van der Waals surface area contributed by atoms with Gasteiger partial charge >= 0.3 is 0 Å². The maximum Gasteiger partial charge on any atom is 0.144 e. The van der Waals surface area contributed by atoms with E-state index in [1.54, 1.807) is 0 Å². The molecule has 0 radical (unpaired) electrons. The second-order valence-corrected chi connectivity index (χ2v) is 2.88. The number of nitrogens with two attached hydrogens (primary N) is 1. The number of halogens is 3. The van der Waals surface area contributed by atoms with Crippen LogP contribution < -0.4 is 5.73 Å². The standard InChI is InChI=1S/C7H6BrF2N/c8-5-1-2-6(9)4(3-11)7(5)10/h1-2H,3,11H2. The first kappa shape index (κ1) is 8.62. The Morgan fingerprint density at radius 3 is 2.45 bits per heavy atom. The van der Waals surface area contributed by atoms with Crippen molar-refractivity contribution >= 4 is 15.9 Å². The van der Waals surface area contributed by atoms with Crippen LogP contribution in [0.3, 0.4) is 0 Å². The van der Waals surface area contributed by atoms with Crippen molar-refractivity contribution in [2.45, 2.75) is 6.54 Å². The maximum absolute atomic E-state index is 12.9. The number of rotatable bonds is 1. The summed E-state index contributed by atoms with van der Waals surface area (Å²) in [4.78, 5) is 0. The fourth-order valence-electron chi connectivity index (χ4n) is 0.756. The number of hydrogen-bond acceptors (Lipinski definition) is 1. The smallest absolute Gasteiger partial charge is 0.144 e. The summed E-state index contributed by atoms with van der Waals surface area (Å²) < 4.78 is 25.8. The first-order valence-corrected chi connectivity index (χ1v) is 3.78. The van der Waals surface area contributed by atoms with Gasteiger partial charge in [0.15, 0.2) is 0 Å². The summed E-state index contributed by atoms with van der Waals surface area (Å²) in [7, 11) is 0. The van der Waals surface area contributed by atoms with Crippen LogP contribution in [0.15, 0.2) is 16.6 Å². The zero-order valence-electron chi connectivity index (χ0n) is 5.57. The lowest BCUT2D eigenvalue weighted by atomic mass is 10.2. The Balaban J connectivity index is 3.29. The second-order valence-electron chi connectivity index (χ2n) is 2.03. The maximum atomic E-state index is 12.9. The van der Waals surface area contributed by atoms with Crippen LogP contribution in [0.25, 0.3) is 0 Å². The highest BCUT2D eigenvalue weighted by Crippen LogP contribution is 2.20. The Labute approximate surface area is 71.3 Å². The van der Waals surface area contributed by atoms with Crippen LogP contribution in [0.5, 0.6) is 0 Å². The highest BCUT2D eigenvalue weighted by atomic mass is 79.9. The van der Waals surface area contributed by atoms with Crippen molar-refractivity contribution in [2.24, 2.45) is 5.73 Å². The molecular formula is C7H6BrF2N. The Hall–Kier alpha value is -0.480. The SMILES string of the molecule is NCc1c(F)ccc(Br)c1F. The minimum Gasteiger partial charge on any atom is -0.326 e. The van der Waals surface area contributed by atoms with Gasteiger partial charge in [-0.2, -0.15) is 0 Å². The largest absolute Gasteiger partial charge is 0.326 e. The molecule has 0 saturated carbocycles. The molecule has 0 atom stereocenters. The summed E-state index contributed by atoms with van der Waals surface area (Å²) >= 11 is 2.92. The predicted octanol–water partition coefficient (Wildman–Crippen LogP) is 2.19. The molecule has 0 aromatic heterocycles. The normalized spacial score (nSPS) is 10.2. The summed E-state index contributed by atoms with van der Waals surface area (Å²) in [6.07, 6.45) is 0. The lowest BCUT2D eigenvalue weighted by Crippen LogP contribution is -2.03. The fourth-order valence-corrected chi connectivity index (χ4v) is 1.13. The van der Waals surface area contributed by atoms with E-state index in [1.807, 2.05) is 0 Å². The predicted molar refractivity (Wildman–Crippen MR) is 41.9 cm³/mol. The van der Waals surface area contributed by atoms with E-state index >= 15 is 0 Å². The summed E-state index contributed by atoms with van der Waals surface area (Å²) in [5, 5.41) is 0. The molecule has 2 N–H and O–H groups in total. The molecule has 11 heavy (non-hydrogen) atoms. The van der Waals surface area contributed by atoms with Crippen molar-refractivity contribution < 1.29 is 8.78 Å². The van der Waals surface area contributed by atoms with Gasteiger partial charge in [-0.05, 0) is 28.1 Å². The molecule has 0 aliphatic carbocycles. The third-order valence-electron chi connectivity index (χ3n) is 1.34. The van der Waals surface area contributed by atoms with Crippen molar-refractivity contribution in [3.8, 4) is 0 Å². The molecular weight excluding hydrogens is 216 g/mol. The van der Waals surface area contributed by atoms with Crippen LogP contribution in [0.2, 0.25) is 0 Å². The number of benzene rings is 1. The highest BCUT2D eigenvalue weighted by Gasteiger charge is 2.09. The molecule has 1 aromatic carbocycles. The Morgan fingerprint density at radius 1 is 1.36 bits per heavy atom. The first-order valence-electron chi connectivity index (χ1n) is 2.99. The molecule has 0 heterocycles. The lowest BCUT2D eigenvalue weighted by molar-refractivity contribution is 0.552. The van der Waals surface area contributed by atoms with Gasteiger partial charge in [0.2, 0.25) is 0 Å². The molecule has 1 nitrogen and oxygen atoms in total. The van der Waals surface area contributed by atoms with Gasteiger partial charge in [-0.15, -0.1) is 0 Å². The van der Waals surface area contributed by atoms with E-state index in [-0.39, 0.29) is 16.6 Å². The van der Waals surface area contributed by atoms with Crippen molar-refractivity contribution in [1.82, 2.24) is 0 Å². The van der Waals surface area contributed by atoms with Crippen molar-refractivity contribution in [3.63, 3.8) is 0 Å². The van der Waals surface area contributed by atoms with Gasteiger partial charge in [0.25, 0.3) is 0 Å². The third kappa shape index (κ3) is 1.57. The van der Waals surface area contributed by atoms with E-state index in [2.05, 4.69) is 15.9 Å². The topological polar surface area (TPSA) is 26.0 Å². The Kier molecular flexibility index (Phi) is 2.57. The highest BCUT2D eigenvalue weighted by molar-refractivity contribution is 9.10. The van der Waals surface area contributed by atoms with Gasteiger partial charge in [-0.3, -0.25) is 0 Å². The van der Waals surface area contributed by atoms with E-state index in [0.29, 0.717) is 0 Å². The van der Waals surface area contributed by atoms with Gasteiger partial charge in [0, 0.05) is 12.1 Å². The molecule has 0 spiro atoms. The summed E-state index contributed by atoms with van der Waals surface area (Å²) in [5.74, 6) is -1.22. The zero-order valence-corrected chi connectivity index (χ0v) is 7.16. The van der Waals surface area contributed by atoms with Crippen LogP contribution >= 0.6 is 15.9 Å². The lowest BCUT2D eigenvalue weighted by Gasteiger charge is -2.01. The van der Waals surface area contributed by atoms with Gasteiger partial charge in [0.05, 0.1) is 4.47 Å². The van der Waals surface area contributed by atoms with E-state index in [9.17, 15) is 8.78 Å². The van der Waals surface area contributed by atoms with Crippen molar-refractivity contribution in [2.75, 3.05) is 0 Å². The summed E-state index contributed by atoms with van der Waals surface area (Å²) in [5.41, 5.74) is 5.04. The van der Waals surface area contributed by atoms with Crippen molar-refractivity contribution in [1.29, 1.82) is 0 Å². The quantitative estimate of drug-likeness (QED) is 0.724. The average molecular weight is 222 g/mol. The minimum atomic E-state index is -0.618. The van der Waals surface area contributed by atoms with Crippen LogP contribution in [0.4, 0.5) is 8.78 Å². The number of hydrogen-bond donors (Lipinski definition) is 1. The minimum absolute atomic E-state index is 0.0839. The van der Waals surface area contributed by atoms with Gasteiger partial charge in [-0.1, -0.05) is 0 Å². The first-order chi connectivity index (χ1) is 5.16. The van der Waals surface area contributed by atoms with Crippen LogP contribution in [-0.4, -0.2) is 0 Å². The van der Waals surface area contributed by atoms with E-state index in [1.165, 1.54) is 12.1 Å². The van der Waals surface area contributed by atoms with E-state index in [0.717, 1.165) is 0 Å². The Bertz CT molecular complexity index is 275. The second kappa shape index (κ2) is 3.28. The van der Waals surface area contributed by atoms with E-state index < -0.39 is 11.6 Å². The molecule has 0 unspecified atom stereocenters. The molecule has 0 aliphatic rings. The van der Waals surface area contributed by atoms with Crippen molar-refractivity contribution in [3.05, 3.63) is 33.8 Å². The molecule has 0 saturated heterocycles. The summed E-state index contributed by atoms with van der Waals surface area (Å²) in [6, 6.07) is 2.49. The average Bonchev–Trinajstić information content (AvgIpc) is 1.99. The third-order valence-corrected chi connectivity index (χ3v) is 1.96. The molecule has 0 aliphatic heterocycles. The molecule has 1 aromatic rings. The van der Waals surface area contributed by atoms with Gasteiger partial charge < -0.3 is 5.73 Å². The molecule has 4 heteroatoms. The zero-order chi connectivity index (χ0) is 8.43. The molecule has 0 bridgehead atoms.